The molecule has 170 valence electrons. The molecule has 1 aromatic heterocycles. The van der Waals surface area contributed by atoms with Crippen molar-refractivity contribution in [2.45, 2.75) is 25.4 Å². The number of hydrogen-bond donors (Lipinski definition) is 2. The minimum absolute atomic E-state index is 0.00758. The molecule has 1 amide bonds. The Balaban J connectivity index is 1.34. The van der Waals surface area contributed by atoms with Gasteiger partial charge in [0.25, 0.3) is 11.9 Å². The number of rotatable bonds is 9. The van der Waals surface area contributed by atoms with Gasteiger partial charge < -0.3 is 24.9 Å². The van der Waals surface area contributed by atoms with Gasteiger partial charge in [-0.15, -0.1) is 0 Å². The van der Waals surface area contributed by atoms with E-state index in [0.29, 0.717) is 34.2 Å². The maximum absolute atomic E-state index is 12.5. The first-order valence-corrected chi connectivity index (χ1v) is 10.6. The highest BCUT2D eigenvalue weighted by molar-refractivity contribution is 6.03. The summed E-state index contributed by atoms with van der Waals surface area (Å²) in [6.45, 7) is 2.04. The number of para-hydroxylation sites is 1. The van der Waals surface area contributed by atoms with Crippen LogP contribution in [0.25, 0.3) is 11.1 Å². The summed E-state index contributed by atoms with van der Waals surface area (Å²) in [5.74, 6) is 0.633. The molecule has 1 aliphatic rings. The molecule has 2 heterocycles. The van der Waals surface area contributed by atoms with Gasteiger partial charge in [0.2, 0.25) is 0 Å². The first kappa shape index (κ1) is 21.9. The summed E-state index contributed by atoms with van der Waals surface area (Å²) in [4.78, 5) is 18.4. The van der Waals surface area contributed by atoms with E-state index in [4.69, 9.17) is 19.6 Å². The largest absolute Gasteiger partial charge is 0.493 e. The molecule has 3 N–H and O–H groups in total. The molecule has 32 heavy (non-hydrogen) atoms. The van der Waals surface area contributed by atoms with Crippen molar-refractivity contribution in [2.75, 3.05) is 38.8 Å². The third kappa shape index (κ3) is 4.94. The van der Waals surface area contributed by atoms with Gasteiger partial charge in [0.05, 0.1) is 12.7 Å². The second kappa shape index (κ2) is 9.86. The number of nitrogens with one attached hydrogen (secondary N) is 1. The Morgan fingerprint density at radius 2 is 2.09 bits per heavy atom. The minimum atomic E-state index is -0.544. The Kier molecular flexibility index (Phi) is 6.75. The Labute approximate surface area is 185 Å². The fourth-order valence-corrected chi connectivity index (χ4v) is 3.96. The summed E-state index contributed by atoms with van der Waals surface area (Å²) in [6, 6.07) is 11.5. The zero-order valence-corrected chi connectivity index (χ0v) is 18.0. The van der Waals surface area contributed by atoms with E-state index in [2.05, 4.69) is 15.2 Å². The monoisotopic (exact) mass is 442 g/mol. The van der Waals surface area contributed by atoms with Crippen LogP contribution in [0.3, 0.4) is 0 Å². The highest BCUT2D eigenvalue weighted by Crippen LogP contribution is 2.29. The number of methoxy groups -OCH3 is 1. The van der Waals surface area contributed by atoms with Crippen LogP contribution in [0.5, 0.6) is 11.5 Å². The summed E-state index contributed by atoms with van der Waals surface area (Å²) < 4.78 is 29.0. The number of oxazole rings is 1. The summed E-state index contributed by atoms with van der Waals surface area (Å²) in [7, 11) is 1.57. The molecule has 0 saturated carbocycles. The van der Waals surface area contributed by atoms with Gasteiger partial charge in [-0.2, -0.15) is 4.98 Å². The molecule has 0 atom stereocenters. The van der Waals surface area contributed by atoms with Crippen molar-refractivity contribution in [1.82, 2.24) is 9.88 Å². The van der Waals surface area contributed by atoms with Crippen LogP contribution in [0.15, 0.2) is 40.8 Å². The molecular formula is C23H27FN4O4. The molecule has 0 unspecified atom stereocenters. The molecule has 1 aliphatic heterocycles. The number of ether oxygens (including phenoxy) is 2. The number of carbonyl (C=O) groups excluding carboxylic acids is 1. The number of fused-ring (bicyclic) bond motifs is 1. The number of nitrogens with two attached hydrogens (primary N) is 1. The Bertz CT molecular complexity index is 1080. The van der Waals surface area contributed by atoms with Crippen molar-refractivity contribution in [2.24, 2.45) is 5.73 Å². The lowest BCUT2D eigenvalue weighted by molar-refractivity contribution is 0.100. The summed E-state index contributed by atoms with van der Waals surface area (Å²) >= 11 is 0. The Morgan fingerprint density at radius 1 is 1.28 bits per heavy atom. The maximum Gasteiger partial charge on any atom is 0.295 e. The van der Waals surface area contributed by atoms with E-state index < -0.39 is 12.6 Å². The zero-order valence-electron chi connectivity index (χ0n) is 18.0. The summed E-state index contributed by atoms with van der Waals surface area (Å²) in [5.41, 5.74) is 7.87. The molecule has 0 radical (unpaired) electrons. The average molecular weight is 442 g/mol. The molecule has 9 heteroatoms. The molecule has 3 aromatic rings. The van der Waals surface area contributed by atoms with Gasteiger partial charge in [-0.25, -0.2) is 4.39 Å². The molecular weight excluding hydrogens is 415 g/mol. The standard InChI is InChI=1S/C23H27FN4O4/c1-30-18-6-5-15(13-20(18)31-12-9-24)14-28-10-7-16(8-11-28)26-23-27-21-17(22(25)29)3-2-4-19(21)32-23/h2-6,13,16H,7-12,14H2,1H3,(H2,25,29)(H,26,27). The van der Waals surface area contributed by atoms with Crippen molar-refractivity contribution in [1.29, 1.82) is 0 Å². The van der Waals surface area contributed by atoms with Crippen molar-refractivity contribution >= 4 is 23.0 Å². The highest BCUT2D eigenvalue weighted by Gasteiger charge is 2.22. The van der Waals surface area contributed by atoms with Crippen LogP contribution in [0.2, 0.25) is 0 Å². The number of carbonyl (C=O) groups is 1. The van der Waals surface area contributed by atoms with Gasteiger partial charge in [-0.05, 0) is 42.7 Å². The fourth-order valence-electron chi connectivity index (χ4n) is 3.96. The van der Waals surface area contributed by atoms with Crippen molar-refractivity contribution in [3.05, 3.63) is 47.5 Å². The smallest absolute Gasteiger partial charge is 0.295 e. The van der Waals surface area contributed by atoms with E-state index in [9.17, 15) is 9.18 Å². The van der Waals surface area contributed by atoms with Crippen LogP contribution < -0.4 is 20.5 Å². The van der Waals surface area contributed by atoms with Crippen LogP contribution in [0, 0.1) is 0 Å². The van der Waals surface area contributed by atoms with Crippen LogP contribution in [-0.4, -0.2) is 55.3 Å². The van der Waals surface area contributed by atoms with Gasteiger partial charge in [-0.1, -0.05) is 12.1 Å². The van der Waals surface area contributed by atoms with Crippen molar-refractivity contribution in [3.8, 4) is 11.5 Å². The molecule has 1 fully saturated rings. The lowest BCUT2D eigenvalue weighted by Crippen LogP contribution is -2.38. The van der Waals surface area contributed by atoms with Crippen LogP contribution >= 0.6 is 0 Å². The fraction of sp³-hybridized carbons (Fsp3) is 0.391. The predicted molar refractivity (Wildman–Crippen MR) is 119 cm³/mol. The SMILES string of the molecule is COc1ccc(CN2CCC(Nc3nc4c(C(N)=O)cccc4o3)CC2)cc1OCCF. The van der Waals surface area contributed by atoms with Gasteiger partial charge >= 0.3 is 0 Å². The number of nitrogens with zero attached hydrogens (tertiary/aromatic N) is 2. The van der Waals surface area contributed by atoms with Crippen molar-refractivity contribution < 1.29 is 23.1 Å². The van der Waals surface area contributed by atoms with Crippen molar-refractivity contribution in [3.63, 3.8) is 0 Å². The highest BCUT2D eigenvalue weighted by atomic mass is 19.1. The second-order valence-electron chi connectivity index (χ2n) is 7.75. The third-order valence-electron chi connectivity index (χ3n) is 5.57. The normalized spacial score (nSPS) is 15.1. The number of hydrogen-bond acceptors (Lipinski definition) is 7. The molecule has 4 rings (SSSR count). The molecule has 2 aromatic carbocycles. The van der Waals surface area contributed by atoms with E-state index >= 15 is 0 Å². The first-order valence-electron chi connectivity index (χ1n) is 10.6. The van der Waals surface area contributed by atoms with Gasteiger partial charge in [0, 0.05) is 25.7 Å². The maximum atomic E-state index is 12.5. The van der Waals surface area contributed by atoms with E-state index in [-0.39, 0.29) is 12.6 Å². The quantitative estimate of drug-likeness (QED) is 0.524. The molecule has 8 nitrogen and oxygen atoms in total. The van der Waals surface area contributed by atoms with Crippen LogP contribution in [-0.2, 0) is 6.54 Å². The van der Waals surface area contributed by atoms with E-state index in [0.717, 1.165) is 38.0 Å². The second-order valence-corrected chi connectivity index (χ2v) is 7.75. The number of piperidine rings is 1. The van der Waals surface area contributed by atoms with Crippen LogP contribution in [0.1, 0.15) is 28.8 Å². The molecule has 0 bridgehead atoms. The number of alkyl halides is 1. The van der Waals surface area contributed by atoms with Gasteiger partial charge in [0.15, 0.2) is 17.1 Å². The molecule has 0 spiro atoms. The van der Waals surface area contributed by atoms with E-state index in [1.54, 1.807) is 25.3 Å². The van der Waals surface area contributed by atoms with Gasteiger partial charge in [0.1, 0.15) is 18.8 Å². The number of benzene rings is 2. The lowest BCUT2D eigenvalue weighted by Gasteiger charge is -2.32. The average Bonchev–Trinajstić information content (AvgIpc) is 3.21. The number of halogens is 1. The number of primary amides is 1. The Morgan fingerprint density at radius 3 is 2.81 bits per heavy atom. The number of aromatic nitrogens is 1. The summed E-state index contributed by atoms with van der Waals surface area (Å²) in [6.07, 6.45) is 1.84. The lowest BCUT2D eigenvalue weighted by atomic mass is 10.0. The summed E-state index contributed by atoms with van der Waals surface area (Å²) in [5, 5.41) is 3.34. The first-order chi connectivity index (χ1) is 15.6. The topological polar surface area (TPSA) is 103 Å². The minimum Gasteiger partial charge on any atom is -0.493 e. The predicted octanol–water partition coefficient (Wildman–Crippen LogP) is 3.36. The van der Waals surface area contributed by atoms with Gasteiger partial charge in [-0.3, -0.25) is 9.69 Å². The number of anilines is 1. The van der Waals surface area contributed by atoms with E-state index in [1.165, 1.54) is 0 Å². The van der Waals surface area contributed by atoms with Crippen LogP contribution in [0.4, 0.5) is 10.4 Å². The van der Waals surface area contributed by atoms with E-state index in [1.807, 2.05) is 18.2 Å². The molecule has 0 aliphatic carbocycles. The zero-order chi connectivity index (χ0) is 22.5. The number of likely N-dealkylation sites (tertiary alicyclic amines) is 1. The molecule has 1 saturated heterocycles. The third-order valence-corrected chi connectivity index (χ3v) is 5.57. The Hall–Kier alpha value is -3.33. The number of amides is 1.